The first kappa shape index (κ1) is 19.4. The number of amides is 3. The molecule has 1 atom stereocenters. The number of nitrogens with zero attached hydrogens (tertiary/aromatic N) is 1. The van der Waals surface area contributed by atoms with Crippen LogP contribution in [0.3, 0.4) is 0 Å². The van der Waals surface area contributed by atoms with Gasteiger partial charge in [0.1, 0.15) is 0 Å². The standard InChI is InChI=1S/C19H18BrN3O3S/c1-23(11-17(24)21-13-7-3-2-6-12(13)20)18(25)10-16-19(26)22-14-8-4-5-9-15(14)27-16/h2-9,16H,10-11H2,1H3,(H,21,24)(H,22,26). The topological polar surface area (TPSA) is 78.5 Å². The van der Waals surface area contributed by atoms with E-state index in [2.05, 4.69) is 26.6 Å². The Hall–Kier alpha value is -2.32. The number of nitrogens with one attached hydrogen (secondary N) is 2. The lowest BCUT2D eigenvalue weighted by Crippen LogP contribution is -2.39. The SMILES string of the molecule is CN(CC(=O)Nc1ccccc1Br)C(=O)CC1Sc2ccccc2NC1=O. The summed E-state index contributed by atoms with van der Waals surface area (Å²) >= 11 is 4.73. The molecule has 1 heterocycles. The van der Waals surface area contributed by atoms with Gasteiger partial charge in [0.15, 0.2) is 0 Å². The highest BCUT2D eigenvalue weighted by Gasteiger charge is 2.30. The van der Waals surface area contributed by atoms with Crippen molar-refractivity contribution in [3.05, 3.63) is 53.0 Å². The van der Waals surface area contributed by atoms with E-state index >= 15 is 0 Å². The zero-order valence-corrected chi connectivity index (χ0v) is 17.0. The molecule has 2 aromatic carbocycles. The fraction of sp³-hybridized carbons (Fsp3) is 0.211. The number of thioether (sulfide) groups is 1. The summed E-state index contributed by atoms with van der Waals surface area (Å²) in [4.78, 5) is 39.2. The Balaban J connectivity index is 1.55. The summed E-state index contributed by atoms with van der Waals surface area (Å²) in [5.41, 5.74) is 1.40. The van der Waals surface area contributed by atoms with Crippen LogP contribution in [-0.2, 0) is 14.4 Å². The second-order valence-electron chi connectivity index (χ2n) is 6.07. The molecule has 0 radical (unpaired) electrons. The van der Waals surface area contributed by atoms with E-state index in [4.69, 9.17) is 0 Å². The van der Waals surface area contributed by atoms with Crippen LogP contribution in [0.2, 0.25) is 0 Å². The van der Waals surface area contributed by atoms with Crippen molar-refractivity contribution in [1.29, 1.82) is 0 Å². The zero-order valence-electron chi connectivity index (χ0n) is 14.6. The number of anilines is 2. The van der Waals surface area contributed by atoms with Gasteiger partial charge in [0.25, 0.3) is 0 Å². The van der Waals surface area contributed by atoms with E-state index in [1.807, 2.05) is 42.5 Å². The number of fused-ring (bicyclic) bond motifs is 1. The van der Waals surface area contributed by atoms with Crippen molar-refractivity contribution in [2.45, 2.75) is 16.6 Å². The van der Waals surface area contributed by atoms with Gasteiger partial charge in [-0.05, 0) is 40.2 Å². The summed E-state index contributed by atoms with van der Waals surface area (Å²) in [5, 5.41) is 5.06. The van der Waals surface area contributed by atoms with Gasteiger partial charge in [-0.25, -0.2) is 0 Å². The maximum absolute atomic E-state index is 12.5. The number of halogens is 1. The van der Waals surface area contributed by atoms with Gasteiger partial charge in [-0.1, -0.05) is 24.3 Å². The summed E-state index contributed by atoms with van der Waals surface area (Å²) < 4.78 is 0.765. The molecule has 1 unspecified atom stereocenters. The third-order valence-corrected chi connectivity index (χ3v) is 5.99. The average molecular weight is 448 g/mol. The molecule has 27 heavy (non-hydrogen) atoms. The van der Waals surface area contributed by atoms with Gasteiger partial charge in [0.2, 0.25) is 17.7 Å². The summed E-state index contributed by atoms with van der Waals surface area (Å²) in [7, 11) is 1.56. The van der Waals surface area contributed by atoms with Gasteiger partial charge >= 0.3 is 0 Å². The van der Waals surface area contributed by atoms with Crippen molar-refractivity contribution >= 4 is 56.8 Å². The molecule has 0 saturated heterocycles. The normalized spacial score (nSPS) is 15.5. The summed E-state index contributed by atoms with van der Waals surface area (Å²) in [6, 6.07) is 14.7. The summed E-state index contributed by atoms with van der Waals surface area (Å²) in [5.74, 6) is -0.758. The van der Waals surface area contributed by atoms with Crippen LogP contribution in [0.4, 0.5) is 11.4 Å². The van der Waals surface area contributed by atoms with Gasteiger partial charge in [0.05, 0.1) is 23.2 Å². The highest BCUT2D eigenvalue weighted by molar-refractivity contribution is 9.10. The second kappa shape index (κ2) is 8.58. The highest BCUT2D eigenvalue weighted by atomic mass is 79.9. The molecule has 3 amide bonds. The molecular formula is C19H18BrN3O3S. The lowest BCUT2D eigenvalue weighted by atomic mass is 10.2. The van der Waals surface area contributed by atoms with Crippen LogP contribution in [0, 0.1) is 0 Å². The molecule has 3 rings (SSSR count). The van der Waals surface area contributed by atoms with Crippen molar-refractivity contribution in [3.63, 3.8) is 0 Å². The van der Waals surface area contributed by atoms with Crippen molar-refractivity contribution in [2.75, 3.05) is 24.2 Å². The average Bonchev–Trinajstić information content (AvgIpc) is 2.64. The minimum absolute atomic E-state index is 0.0314. The molecular weight excluding hydrogens is 430 g/mol. The lowest BCUT2D eigenvalue weighted by molar-refractivity contribution is -0.134. The Bertz CT molecular complexity index is 890. The lowest BCUT2D eigenvalue weighted by Gasteiger charge is -2.25. The number of carbonyl (C=O) groups is 3. The first-order chi connectivity index (χ1) is 12.9. The zero-order chi connectivity index (χ0) is 19.4. The van der Waals surface area contributed by atoms with Crippen molar-refractivity contribution in [2.24, 2.45) is 0 Å². The predicted octanol–water partition coefficient (Wildman–Crippen LogP) is 3.35. The van der Waals surface area contributed by atoms with Crippen LogP contribution in [0.25, 0.3) is 0 Å². The molecule has 2 aromatic rings. The molecule has 0 spiro atoms. The Labute approximate surface area is 169 Å². The van der Waals surface area contributed by atoms with E-state index in [-0.39, 0.29) is 30.7 Å². The number of benzene rings is 2. The first-order valence-corrected chi connectivity index (χ1v) is 9.96. The highest BCUT2D eigenvalue weighted by Crippen LogP contribution is 2.36. The fourth-order valence-electron chi connectivity index (χ4n) is 2.60. The van der Waals surface area contributed by atoms with E-state index in [1.165, 1.54) is 16.7 Å². The molecule has 0 saturated carbocycles. The maximum Gasteiger partial charge on any atom is 0.244 e. The van der Waals surface area contributed by atoms with Crippen molar-refractivity contribution in [3.8, 4) is 0 Å². The van der Waals surface area contributed by atoms with E-state index < -0.39 is 5.25 Å². The fourth-order valence-corrected chi connectivity index (χ4v) is 4.08. The molecule has 0 aliphatic carbocycles. The van der Waals surface area contributed by atoms with E-state index in [0.29, 0.717) is 5.69 Å². The maximum atomic E-state index is 12.5. The molecule has 6 nitrogen and oxygen atoms in total. The van der Waals surface area contributed by atoms with Crippen LogP contribution >= 0.6 is 27.7 Å². The molecule has 0 fully saturated rings. The first-order valence-electron chi connectivity index (χ1n) is 8.29. The Morgan fingerprint density at radius 1 is 1.19 bits per heavy atom. The van der Waals surface area contributed by atoms with Gasteiger partial charge in [-0.15, -0.1) is 11.8 Å². The van der Waals surface area contributed by atoms with E-state index in [9.17, 15) is 14.4 Å². The van der Waals surface area contributed by atoms with Crippen LogP contribution in [0.1, 0.15) is 6.42 Å². The minimum atomic E-state index is -0.513. The number of rotatable bonds is 5. The smallest absolute Gasteiger partial charge is 0.244 e. The van der Waals surface area contributed by atoms with Crippen molar-refractivity contribution < 1.29 is 14.4 Å². The number of carbonyl (C=O) groups excluding carboxylic acids is 3. The monoisotopic (exact) mass is 447 g/mol. The van der Waals surface area contributed by atoms with Gasteiger partial charge in [-0.2, -0.15) is 0 Å². The minimum Gasteiger partial charge on any atom is -0.336 e. The van der Waals surface area contributed by atoms with Crippen LogP contribution in [0.5, 0.6) is 0 Å². The summed E-state index contributed by atoms with van der Waals surface area (Å²) in [6.07, 6.45) is 0.0314. The van der Waals surface area contributed by atoms with Crippen LogP contribution < -0.4 is 10.6 Å². The molecule has 8 heteroatoms. The Morgan fingerprint density at radius 3 is 2.67 bits per heavy atom. The van der Waals surface area contributed by atoms with E-state index in [1.54, 1.807) is 13.1 Å². The molecule has 1 aliphatic heterocycles. The Kier molecular flexibility index (Phi) is 6.18. The third-order valence-electron chi connectivity index (χ3n) is 4.02. The quantitative estimate of drug-likeness (QED) is 0.736. The largest absolute Gasteiger partial charge is 0.336 e. The molecule has 140 valence electrons. The van der Waals surface area contributed by atoms with Gasteiger partial charge in [0, 0.05) is 22.8 Å². The molecule has 0 bridgehead atoms. The van der Waals surface area contributed by atoms with Gasteiger partial charge in [-0.3, -0.25) is 14.4 Å². The number of likely N-dealkylation sites (N-methyl/N-ethyl adjacent to an activating group) is 1. The third kappa shape index (κ3) is 4.90. The molecule has 1 aliphatic rings. The molecule has 0 aromatic heterocycles. The predicted molar refractivity (Wildman–Crippen MR) is 110 cm³/mol. The van der Waals surface area contributed by atoms with Gasteiger partial charge < -0.3 is 15.5 Å². The number of hydrogen-bond acceptors (Lipinski definition) is 4. The Morgan fingerprint density at radius 2 is 1.89 bits per heavy atom. The second-order valence-corrected chi connectivity index (χ2v) is 8.17. The number of para-hydroxylation sites is 2. The number of hydrogen-bond donors (Lipinski definition) is 2. The van der Waals surface area contributed by atoms with Crippen LogP contribution in [-0.4, -0.2) is 41.5 Å². The van der Waals surface area contributed by atoms with E-state index in [0.717, 1.165) is 15.1 Å². The molecule has 2 N–H and O–H groups in total. The van der Waals surface area contributed by atoms with Crippen LogP contribution in [0.15, 0.2) is 57.9 Å². The van der Waals surface area contributed by atoms with Crippen molar-refractivity contribution in [1.82, 2.24) is 4.90 Å². The summed E-state index contributed by atoms with van der Waals surface area (Å²) in [6.45, 7) is -0.0875.